The van der Waals surface area contributed by atoms with Crippen molar-refractivity contribution < 1.29 is 13.2 Å². The zero-order chi connectivity index (χ0) is 19.8. The lowest BCUT2D eigenvalue weighted by atomic mass is 10.2. The SMILES string of the molecule is COc1ccc(CN(C)S(=O)(=O)c2ccc3c(c2)sc(=O)n3C(C)C)cc1. The number of sulfonamides is 1. The molecule has 0 amide bonds. The van der Waals surface area contributed by atoms with Gasteiger partial charge >= 0.3 is 4.87 Å². The Labute approximate surface area is 162 Å². The molecule has 3 aromatic rings. The van der Waals surface area contributed by atoms with Crippen molar-refractivity contribution in [3.8, 4) is 5.75 Å². The van der Waals surface area contributed by atoms with Gasteiger partial charge in [0.2, 0.25) is 10.0 Å². The first-order valence-corrected chi connectivity index (χ1v) is 10.7. The molecule has 0 unspecified atom stereocenters. The van der Waals surface area contributed by atoms with E-state index in [1.54, 1.807) is 49.1 Å². The molecule has 0 aliphatic heterocycles. The molecule has 0 fully saturated rings. The molecule has 8 heteroatoms. The molecular formula is C19H22N2O4S2. The van der Waals surface area contributed by atoms with E-state index < -0.39 is 10.0 Å². The highest BCUT2D eigenvalue weighted by atomic mass is 32.2. The summed E-state index contributed by atoms with van der Waals surface area (Å²) in [6.45, 7) is 4.11. The van der Waals surface area contributed by atoms with Crippen LogP contribution in [0.25, 0.3) is 10.2 Å². The number of hydrogen-bond acceptors (Lipinski definition) is 5. The Kier molecular flexibility index (Phi) is 5.41. The van der Waals surface area contributed by atoms with Crippen LogP contribution in [0.4, 0.5) is 0 Å². The maximum Gasteiger partial charge on any atom is 0.308 e. The molecule has 0 N–H and O–H groups in total. The molecule has 0 saturated carbocycles. The molecule has 0 aliphatic rings. The van der Waals surface area contributed by atoms with E-state index in [0.717, 1.165) is 28.2 Å². The van der Waals surface area contributed by atoms with Crippen LogP contribution in [0.2, 0.25) is 0 Å². The van der Waals surface area contributed by atoms with Crippen LogP contribution in [-0.4, -0.2) is 31.4 Å². The van der Waals surface area contributed by atoms with Crippen LogP contribution in [0.15, 0.2) is 52.2 Å². The van der Waals surface area contributed by atoms with Crippen molar-refractivity contribution in [2.45, 2.75) is 31.3 Å². The molecule has 0 bridgehead atoms. The predicted octanol–water partition coefficient (Wildman–Crippen LogP) is 3.47. The van der Waals surface area contributed by atoms with Crippen LogP contribution in [0, 0.1) is 0 Å². The van der Waals surface area contributed by atoms with Crippen molar-refractivity contribution in [1.29, 1.82) is 0 Å². The molecule has 1 heterocycles. The second-order valence-electron chi connectivity index (χ2n) is 6.57. The van der Waals surface area contributed by atoms with Crippen molar-refractivity contribution in [3.05, 3.63) is 57.7 Å². The monoisotopic (exact) mass is 406 g/mol. The second kappa shape index (κ2) is 7.46. The Bertz CT molecular complexity index is 1110. The van der Waals surface area contributed by atoms with E-state index in [2.05, 4.69) is 0 Å². The van der Waals surface area contributed by atoms with E-state index in [9.17, 15) is 13.2 Å². The zero-order valence-corrected chi connectivity index (χ0v) is 17.3. The van der Waals surface area contributed by atoms with Crippen molar-refractivity contribution in [3.63, 3.8) is 0 Å². The number of aromatic nitrogens is 1. The summed E-state index contributed by atoms with van der Waals surface area (Å²) >= 11 is 1.07. The largest absolute Gasteiger partial charge is 0.497 e. The van der Waals surface area contributed by atoms with Gasteiger partial charge in [-0.15, -0.1) is 0 Å². The highest BCUT2D eigenvalue weighted by molar-refractivity contribution is 7.89. The van der Waals surface area contributed by atoms with Gasteiger partial charge in [-0.05, 0) is 49.7 Å². The number of hydrogen-bond donors (Lipinski definition) is 0. The number of thiazole rings is 1. The van der Waals surface area contributed by atoms with Gasteiger partial charge in [0.05, 0.1) is 22.2 Å². The van der Waals surface area contributed by atoms with Crippen LogP contribution in [0.5, 0.6) is 5.75 Å². The molecule has 144 valence electrons. The molecule has 27 heavy (non-hydrogen) atoms. The Morgan fingerprint density at radius 1 is 1.15 bits per heavy atom. The number of methoxy groups -OCH3 is 1. The Morgan fingerprint density at radius 2 is 1.81 bits per heavy atom. The summed E-state index contributed by atoms with van der Waals surface area (Å²) in [5.74, 6) is 0.722. The summed E-state index contributed by atoms with van der Waals surface area (Å²) in [7, 11) is -0.538. The molecular weight excluding hydrogens is 384 g/mol. The third kappa shape index (κ3) is 3.78. The fraction of sp³-hybridized carbons (Fsp3) is 0.316. The van der Waals surface area contributed by atoms with Gasteiger partial charge in [-0.1, -0.05) is 23.5 Å². The molecule has 2 aromatic carbocycles. The zero-order valence-electron chi connectivity index (χ0n) is 15.7. The van der Waals surface area contributed by atoms with E-state index >= 15 is 0 Å². The lowest BCUT2D eigenvalue weighted by molar-refractivity contribution is 0.414. The minimum Gasteiger partial charge on any atom is -0.497 e. The van der Waals surface area contributed by atoms with Gasteiger partial charge in [0, 0.05) is 19.6 Å². The fourth-order valence-electron chi connectivity index (χ4n) is 2.92. The van der Waals surface area contributed by atoms with E-state index in [1.165, 1.54) is 4.31 Å². The third-order valence-corrected chi connectivity index (χ3v) is 7.09. The average molecular weight is 407 g/mol. The van der Waals surface area contributed by atoms with Crippen LogP contribution in [-0.2, 0) is 16.6 Å². The number of rotatable bonds is 6. The van der Waals surface area contributed by atoms with Gasteiger partial charge in [0.1, 0.15) is 5.75 Å². The Hall–Kier alpha value is -2.16. The van der Waals surface area contributed by atoms with Crippen LogP contribution in [0.1, 0.15) is 25.5 Å². The molecule has 0 saturated heterocycles. The number of benzene rings is 2. The molecule has 0 radical (unpaired) electrons. The number of nitrogens with zero attached hydrogens (tertiary/aromatic N) is 2. The maximum atomic E-state index is 12.9. The van der Waals surface area contributed by atoms with Crippen molar-refractivity contribution in [2.75, 3.05) is 14.2 Å². The minimum atomic E-state index is -3.67. The van der Waals surface area contributed by atoms with Gasteiger partial charge in [-0.3, -0.25) is 9.36 Å². The van der Waals surface area contributed by atoms with Crippen LogP contribution >= 0.6 is 11.3 Å². The number of ether oxygens (including phenoxy) is 1. The van der Waals surface area contributed by atoms with Crippen molar-refractivity contribution >= 4 is 31.6 Å². The first kappa shape index (κ1) is 19.6. The fourth-order valence-corrected chi connectivity index (χ4v) is 5.23. The van der Waals surface area contributed by atoms with Gasteiger partial charge in [0.25, 0.3) is 0 Å². The quantitative estimate of drug-likeness (QED) is 0.629. The third-order valence-electron chi connectivity index (χ3n) is 4.37. The van der Waals surface area contributed by atoms with Crippen LogP contribution in [0.3, 0.4) is 0 Å². The van der Waals surface area contributed by atoms with Gasteiger partial charge in [-0.25, -0.2) is 8.42 Å². The number of fused-ring (bicyclic) bond motifs is 1. The average Bonchev–Trinajstić information content (AvgIpc) is 2.97. The molecule has 3 rings (SSSR count). The first-order valence-electron chi connectivity index (χ1n) is 8.48. The topological polar surface area (TPSA) is 68.6 Å². The van der Waals surface area contributed by atoms with Crippen molar-refractivity contribution in [2.24, 2.45) is 0 Å². The second-order valence-corrected chi connectivity index (χ2v) is 9.61. The molecule has 0 atom stereocenters. The predicted molar refractivity (Wildman–Crippen MR) is 108 cm³/mol. The summed E-state index contributed by atoms with van der Waals surface area (Å²) in [4.78, 5) is 12.3. The van der Waals surface area contributed by atoms with E-state index in [4.69, 9.17) is 4.74 Å². The lowest BCUT2D eigenvalue weighted by Gasteiger charge is -2.17. The smallest absolute Gasteiger partial charge is 0.308 e. The Morgan fingerprint density at radius 3 is 2.41 bits per heavy atom. The summed E-state index contributed by atoms with van der Waals surface area (Å²) in [6, 6.07) is 12.1. The van der Waals surface area contributed by atoms with E-state index in [0.29, 0.717) is 4.70 Å². The van der Waals surface area contributed by atoms with E-state index in [-0.39, 0.29) is 22.4 Å². The molecule has 0 spiro atoms. The highest BCUT2D eigenvalue weighted by Gasteiger charge is 2.22. The minimum absolute atomic E-state index is 0.0199. The molecule has 0 aliphatic carbocycles. The summed E-state index contributed by atoms with van der Waals surface area (Å²) in [5, 5.41) is 0. The van der Waals surface area contributed by atoms with E-state index in [1.807, 2.05) is 26.0 Å². The van der Waals surface area contributed by atoms with Gasteiger partial charge in [-0.2, -0.15) is 4.31 Å². The molecule has 1 aromatic heterocycles. The molecule has 6 nitrogen and oxygen atoms in total. The standard InChI is InChI=1S/C19H22N2O4S2/c1-13(2)21-17-10-9-16(11-18(17)26-19(21)22)27(23,24)20(3)12-14-5-7-15(25-4)8-6-14/h5-11,13H,12H2,1-4H3. The van der Waals surface area contributed by atoms with Crippen LogP contribution < -0.4 is 9.61 Å². The summed E-state index contributed by atoms with van der Waals surface area (Å²) < 4.78 is 34.7. The Balaban J connectivity index is 1.92. The summed E-state index contributed by atoms with van der Waals surface area (Å²) in [5.41, 5.74) is 1.62. The normalized spacial score (nSPS) is 12.2. The van der Waals surface area contributed by atoms with Crippen molar-refractivity contribution in [1.82, 2.24) is 8.87 Å². The van der Waals surface area contributed by atoms with Gasteiger partial charge < -0.3 is 4.74 Å². The summed E-state index contributed by atoms with van der Waals surface area (Å²) in [6.07, 6.45) is 0. The van der Waals surface area contributed by atoms with Gasteiger partial charge in [0.15, 0.2) is 0 Å². The highest BCUT2D eigenvalue weighted by Crippen LogP contribution is 2.26. The lowest BCUT2D eigenvalue weighted by Crippen LogP contribution is -2.26. The first-order chi connectivity index (χ1) is 12.7. The maximum absolute atomic E-state index is 12.9.